The normalized spacial score (nSPS) is 21.1. The first-order valence-electron chi connectivity index (χ1n) is 7.29. The Kier molecular flexibility index (Phi) is 4.49. The van der Waals surface area contributed by atoms with Gasteiger partial charge in [-0.25, -0.2) is 0 Å². The second-order valence-electron chi connectivity index (χ2n) is 5.35. The van der Waals surface area contributed by atoms with Crippen molar-refractivity contribution in [1.29, 1.82) is 0 Å². The summed E-state index contributed by atoms with van der Waals surface area (Å²) in [5.74, 6) is 0.567. The maximum atomic E-state index is 12.4. The molecule has 0 N–H and O–H groups in total. The average Bonchev–Trinajstić information content (AvgIpc) is 3.13. The minimum Gasteiger partial charge on any atom is -0.497 e. The smallest absolute Gasteiger partial charge is 0.294 e. The third kappa shape index (κ3) is 3.18. The van der Waals surface area contributed by atoms with Crippen molar-refractivity contribution in [3.63, 3.8) is 0 Å². The number of likely N-dealkylation sites (tertiary alicyclic amines) is 1. The summed E-state index contributed by atoms with van der Waals surface area (Å²) in [6.45, 7) is 2.32. The first kappa shape index (κ1) is 15.1. The van der Waals surface area contributed by atoms with Crippen LogP contribution in [0.2, 0.25) is 0 Å². The van der Waals surface area contributed by atoms with E-state index in [-0.39, 0.29) is 11.1 Å². The van der Waals surface area contributed by atoms with Crippen molar-refractivity contribution in [2.45, 2.75) is 12.8 Å². The molecule has 1 aromatic carbocycles. The third-order valence-electron chi connectivity index (χ3n) is 3.83. The van der Waals surface area contributed by atoms with Crippen LogP contribution in [0.15, 0.2) is 29.2 Å². The Bertz CT molecular complexity index is 606. The van der Waals surface area contributed by atoms with Crippen LogP contribution < -0.4 is 4.74 Å². The standard InChI is InChI=1S/C16H18N2O3S/c1-21-13-6-4-12(5-7-13)10-14-15(19)18(16(20)22-14)11-17-8-2-3-9-17/h4-7,10H,2-3,8-9,11H2,1H3/b14-10-. The van der Waals surface area contributed by atoms with Crippen LogP contribution in [-0.2, 0) is 4.79 Å². The zero-order chi connectivity index (χ0) is 15.5. The molecule has 0 spiro atoms. The molecule has 2 heterocycles. The van der Waals surface area contributed by atoms with E-state index in [9.17, 15) is 9.59 Å². The molecular formula is C16H18N2O3S. The molecular weight excluding hydrogens is 300 g/mol. The predicted octanol–water partition coefficient (Wildman–Crippen LogP) is 2.78. The van der Waals surface area contributed by atoms with Gasteiger partial charge in [-0.15, -0.1) is 0 Å². The SMILES string of the molecule is COc1ccc(/C=C2\SC(=O)N(CN3CCCC3)C2=O)cc1. The van der Waals surface area contributed by atoms with E-state index in [1.807, 2.05) is 24.3 Å². The number of imide groups is 1. The predicted molar refractivity (Wildman–Crippen MR) is 86.5 cm³/mol. The molecule has 2 fully saturated rings. The summed E-state index contributed by atoms with van der Waals surface area (Å²) in [7, 11) is 1.61. The summed E-state index contributed by atoms with van der Waals surface area (Å²) in [5, 5.41) is -0.184. The van der Waals surface area contributed by atoms with E-state index in [1.54, 1.807) is 13.2 Å². The number of thioether (sulfide) groups is 1. The van der Waals surface area contributed by atoms with Gasteiger partial charge in [-0.3, -0.25) is 19.4 Å². The second-order valence-corrected chi connectivity index (χ2v) is 6.34. The Morgan fingerprint density at radius 2 is 1.86 bits per heavy atom. The second kappa shape index (κ2) is 6.54. The van der Waals surface area contributed by atoms with Crippen LogP contribution >= 0.6 is 11.8 Å². The summed E-state index contributed by atoms with van der Waals surface area (Å²) < 4.78 is 5.11. The van der Waals surface area contributed by atoms with Crippen LogP contribution in [0.4, 0.5) is 4.79 Å². The topological polar surface area (TPSA) is 49.9 Å². The van der Waals surface area contributed by atoms with Crippen molar-refractivity contribution in [3.05, 3.63) is 34.7 Å². The fourth-order valence-electron chi connectivity index (χ4n) is 2.60. The van der Waals surface area contributed by atoms with Gasteiger partial charge in [-0.05, 0) is 61.5 Å². The molecule has 3 rings (SSSR count). The van der Waals surface area contributed by atoms with Crippen molar-refractivity contribution in [2.75, 3.05) is 26.9 Å². The number of benzene rings is 1. The summed E-state index contributed by atoms with van der Waals surface area (Å²) in [4.78, 5) is 28.4. The summed E-state index contributed by atoms with van der Waals surface area (Å²) >= 11 is 1.01. The summed E-state index contributed by atoms with van der Waals surface area (Å²) in [6, 6.07) is 7.40. The summed E-state index contributed by atoms with van der Waals surface area (Å²) in [6.07, 6.45) is 4.03. The Hall–Kier alpha value is -1.79. The number of carbonyl (C=O) groups is 2. The molecule has 116 valence electrons. The molecule has 0 aromatic heterocycles. The van der Waals surface area contributed by atoms with Gasteiger partial charge >= 0.3 is 0 Å². The Balaban J connectivity index is 1.72. The molecule has 2 saturated heterocycles. The van der Waals surface area contributed by atoms with Crippen LogP contribution in [0.1, 0.15) is 18.4 Å². The van der Waals surface area contributed by atoms with E-state index in [1.165, 1.54) is 4.90 Å². The van der Waals surface area contributed by atoms with Gasteiger partial charge in [0, 0.05) is 0 Å². The van der Waals surface area contributed by atoms with Crippen molar-refractivity contribution in [3.8, 4) is 5.75 Å². The van der Waals surface area contributed by atoms with Crippen LogP contribution in [0.5, 0.6) is 5.75 Å². The van der Waals surface area contributed by atoms with Crippen LogP contribution in [0, 0.1) is 0 Å². The van der Waals surface area contributed by atoms with Gasteiger partial charge in [0.2, 0.25) is 0 Å². The van der Waals surface area contributed by atoms with E-state index in [2.05, 4.69) is 4.90 Å². The average molecular weight is 318 g/mol. The maximum Gasteiger partial charge on any atom is 0.294 e. The maximum absolute atomic E-state index is 12.4. The van der Waals surface area contributed by atoms with Gasteiger partial charge in [0.1, 0.15) is 5.75 Å². The first-order chi connectivity index (χ1) is 10.7. The molecule has 2 amide bonds. The van der Waals surface area contributed by atoms with Crippen molar-refractivity contribution >= 4 is 29.0 Å². The highest BCUT2D eigenvalue weighted by atomic mass is 32.2. The van der Waals surface area contributed by atoms with E-state index in [4.69, 9.17) is 4.74 Å². The molecule has 6 heteroatoms. The lowest BCUT2D eigenvalue weighted by molar-refractivity contribution is -0.124. The Morgan fingerprint density at radius 3 is 2.50 bits per heavy atom. The van der Waals surface area contributed by atoms with Gasteiger partial charge < -0.3 is 4.74 Å². The number of ether oxygens (including phenoxy) is 1. The van der Waals surface area contributed by atoms with Gasteiger partial charge in [0.15, 0.2) is 0 Å². The number of hydrogen-bond acceptors (Lipinski definition) is 5. The monoisotopic (exact) mass is 318 g/mol. The lowest BCUT2D eigenvalue weighted by atomic mass is 10.2. The first-order valence-corrected chi connectivity index (χ1v) is 8.11. The van der Waals surface area contributed by atoms with Gasteiger partial charge in [0.05, 0.1) is 18.7 Å². The Labute approximate surface area is 133 Å². The lowest BCUT2D eigenvalue weighted by Gasteiger charge is -2.20. The quantitative estimate of drug-likeness (QED) is 0.799. The largest absolute Gasteiger partial charge is 0.497 e. The molecule has 2 aliphatic rings. The lowest BCUT2D eigenvalue weighted by Crippen LogP contribution is -2.38. The molecule has 0 bridgehead atoms. The van der Waals surface area contributed by atoms with Crippen molar-refractivity contribution < 1.29 is 14.3 Å². The minimum atomic E-state index is -0.197. The number of amides is 2. The van der Waals surface area contributed by atoms with Gasteiger partial charge in [0.25, 0.3) is 11.1 Å². The number of carbonyl (C=O) groups excluding carboxylic acids is 2. The molecule has 1 aromatic rings. The number of nitrogens with zero attached hydrogens (tertiary/aromatic N) is 2. The Morgan fingerprint density at radius 1 is 1.18 bits per heavy atom. The number of hydrogen-bond donors (Lipinski definition) is 0. The van der Waals surface area contributed by atoms with Crippen LogP contribution in [0.3, 0.4) is 0 Å². The molecule has 0 saturated carbocycles. The number of rotatable bonds is 4. The zero-order valence-electron chi connectivity index (χ0n) is 12.4. The van der Waals surface area contributed by atoms with E-state index in [0.717, 1.165) is 49.0 Å². The third-order valence-corrected chi connectivity index (χ3v) is 4.73. The number of methoxy groups -OCH3 is 1. The highest BCUT2D eigenvalue weighted by Gasteiger charge is 2.36. The highest BCUT2D eigenvalue weighted by Crippen LogP contribution is 2.32. The molecule has 5 nitrogen and oxygen atoms in total. The van der Waals surface area contributed by atoms with Crippen LogP contribution in [0.25, 0.3) is 6.08 Å². The fraction of sp³-hybridized carbons (Fsp3) is 0.375. The van der Waals surface area contributed by atoms with Crippen molar-refractivity contribution in [1.82, 2.24) is 9.80 Å². The highest BCUT2D eigenvalue weighted by molar-refractivity contribution is 8.18. The molecule has 0 unspecified atom stereocenters. The van der Waals surface area contributed by atoms with Crippen molar-refractivity contribution in [2.24, 2.45) is 0 Å². The van der Waals surface area contributed by atoms with E-state index >= 15 is 0 Å². The molecule has 2 aliphatic heterocycles. The van der Waals surface area contributed by atoms with Gasteiger partial charge in [-0.1, -0.05) is 12.1 Å². The summed E-state index contributed by atoms with van der Waals surface area (Å²) in [5.41, 5.74) is 0.882. The molecule has 0 aliphatic carbocycles. The minimum absolute atomic E-state index is 0.184. The zero-order valence-corrected chi connectivity index (χ0v) is 13.3. The van der Waals surface area contributed by atoms with Gasteiger partial charge in [-0.2, -0.15) is 0 Å². The fourth-order valence-corrected chi connectivity index (χ4v) is 3.43. The van der Waals surface area contributed by atoms with E-state index < -0.39 is 0 Å². The molecule has 0 atom stereocenters. The molecule has 0 radical (unpaired) electrons. The van der Waals surface area contributed by atoms with Crippen LogP contribution in [-0.4, -0.2) is 47.8 Å². The molecule has 22 heavy (non-hydrogen) atoms. The van der Waals surface area contributed by atoms with E-state index in [0.29, 0.717) is 11.6 Å².